The third-order valence-electron chi connectivity index (χ3n) is 5.28. The Morgan fingerprint density at radius 1 is 1.07 bits per heavy atom. The highest BCUT2D eigenvalue weighted by molar-refractivity contribution is 5.95. The minimum Gasteiger partial charge on any atom is -0.382 e. The molecule has 4 rings (SSSR count). The molecule has 1 saturated heterocycles. The van der Waals surface area contributed by atoms with E-state index in [1.807, 2.05) is 41.3 Å². The van der Waals surface area contributed by atoms with Gasteiger partial charge in [0.15, 0.2) is 0 Å². The number of hydrogen-bond acceptors (Lipinski definition) is 6. The van der Waals surface area contributed by atoms with E-state index in [2.05, 4.69) is 28.0 Å². The molecule has 0 aliphatic carbocycles. The van der Waals surface area contributed by atoms with E-state index in [1.165, 1.54) is 0 Å². The van der Waals surface area contributed by atoms with Gasteiger partial charge in [0, 0.05) is 42.9 Å². The summed E-state index contributed by atoms with van der Waals surface area (Å²) in [5.74, 6) is 0.316. The van der Waals surface area contributed by atoms with Crippen LogP contribution in [0, 0.1) is 11.3 Å². The molecule has 7 nitrogen and oxygen atoms in total. The van der Waals surface area contributed by atoms with Crippen LogP contribution in [0.25, 0.3) is 22.5 Å². The molecule has 1 aliphatic heterocycles. The average Bonchev–Trinajstić information content (AvgIpc) is 2.79. The molecule has 1 amide bonds. The highest BCUT2D eigenvalue weighted by Crippen LogP contribution is 2.27. The quantitative estimate of drug-likeness (QED) is 0.728. The fourth-order valence-electron chi connectivity index (χ4n) is 3.46. The molecule has 2 heterocycles. The Balaban J connectivity index is 1.64. The highest BCUT2D eigenvalue weighted by atomic mass is 16.2. The Labute approximate surface area is 175 Å². The molecule has 1 aromatic heterocycles. The van der Waals surface area contributed by atoms with Gasteiger partial charge in [0.1, 0.15) is 11.5 Å². The molecule has 2 N–H and O–H groups in total. The molecule has 0 radical (unpaired) electrons. The molecule has 0 saturated carbocycles. The summed E-state index contributed by atoms with van der Waals surface area (Å²) in [6.45, 7) is 3.18. The number of nitriles is 1. The maximum atomic E-state index is 12.9. The Bertz CT molecular complexity index is 1110. The highest BCUT2D eigenvalue weighted by Gasteiger charge is 2.21. The van der Waals surface area contributed by atoms with Crippen molar-refractivity contribution < 1.29 is 4.79 Å². The van der Waals surface area contributed by atoms with Crippen LogP contribution in [0.4, 0.5) is 5.82 Å². The molecule has 2 aromatic carbocycles. The van der Waals surface area contributed by atoms with Gasteiger partial charge in [-0.1, -0.05) is 24.3 Å². The van der Waals surface area contributed by atoms with Gasteiger partial charge in [-0.2, -0.15) is 5.26 Å². The van der Waals surface area contributed by atoms with Crippen LogP contribution < -0.4 is 5.73 Å². The zero-order valence-electron chi connectivity index (χ0n) is 16.7. The van der Waals surface area contributed by atoms with Crippen molar-refractivity contribution in [2.24, 2.45) is 0 Å². The first-order valence-electron chi connectivity index (χ1n) is 9.76. The predicted molar refractivity (Wildman–Crippen MR) is 115 cm³/mol. The van der Waals surface area contributed by atoms with E-state index in [9.17, 15) is 4.79 Å². The van der Waals surface area contributed by atoms with Gasteiger partial charge >= 0.3 is 0 Å². The molecule has 1 fully saturated rings. The number of benzene rings is 2. The summed E-state index contributed by atoms with van der Waals surface area (Å²) in [5.41, 5.74) is 10.1. The number of likely N-dealkylation sites (N-methyl/N-ethyl adjacent to an activating group) is 1. The fourth-order valence-corrected chi connectivity index (χ4v) is 3.46. The van der Waals surface area contributed by atoms with Gasteiger partial charge in [0.2, 0.25) is 0 Å². The summed E-state index contributed by atoms with van der Waals surface area (Å²) in [6.07, 6.45) is 1.61. The summed E-state index contributed by atoms with van der Waals surface area (Å²) in [6, 6.07) is 16.6. The minimum atomic E-state index is 0.0136. The number of carbonyl (C=O) groups excluding carboxylic acids is 1. The summed E-state index contributed by atoms with van der Waals surface area (Å²) < 4.78 is 0. The Kier molecular flexibility index (Phi) is 5.42. The monoisotopic (exact) mass is 398 g/mol. The molecule has 7 heteroatoms. The second-order valence-corrected chi connectivity index (χ2v) is 7.35. The number of nitrogen functional groups attached to an aromatic ring is 1. The van der Waals surface area contributed by atoms with Crippen LogP contribution in [-0.4, -0.2) is 58.9 Å². The Morgan fingerprint density at radius 2 is 1.80 bits per heavy atom. The molecule has 0 bridgehead atoms. The number of aromatic nitrogens is 2. The van der Waals surface area contributed by atoms with Crippen molar-refractivity contribution in [1.82, 2.24) is 19.8 Å². The lowest BCUT2D eigenvalue weighted by Crippen LogP contribution is -2.47. The molecular formula is C23H22N6O. The van der Waals surface area contributed by atoms with E-state index in [-0.39, 0.29) is 5.91 Å². The van der Waals surface area contributed by atoms with Gasteiger partial charge in [0.05, 0.1) is 23.5 Å². The first-order valence-corrected chi connectivity index (χ1v) is 9.76. The topological polar surface area (TPSA) is 99.1 Å². The lowest BCUT2D eigenvalue weighted by Gasteiger charge is -2.32. The Hall–Kier alpha value is -3.76. The molecule has 3 aromatic rings. The van der Waals surface area contributed by atoms with Crippen molar-refractivity contribution in [2.45, 2.75) is 0 Å². The first kappa shape index (κ1) is 19.6. The van der Waals surface area contributed by atoms with Gasteiger partial charge < -0.3 is 15.5 Å². The normalized spacial score (nSPS) is 14.3. The lowest BCUT2D eigenvalue weighted by molar-refractivity contribution is 0.0664. The molecule has 0 unspecified atom stereocenters. The summed E-state index contributed by atoms with van der Waals surface area (Å²) in [7, 11) is 2.06. The van der Waals surface area contributed by atoms with Crippen molar-refractivity contribution in [3.8, 4) is 28.6 Å². The second kappa shape index (κ2) is 8.31. The number of carbonyl (C=O) groups is 1. The van der Waals surface area contributed by atoms with Crippen molar-refractivity contribution in [3.05, 3.63) is 65.9 Å². The smallest absolute Gasteiger partial charge is 0.253 e. The van der Waals surface area contributed by atoms with Crippen LogP contribution in [0.5, 0.6) is 0 Å². The predicted octanol–water partition coefficient (Wildman–Crippen LogP) is 2.65. The number of nitrogens with two attached hydrogens (primary N) is 1. The number of rotatable bonds is 3. The third-order valence-corrected chi connectivity index (χ3v) is 5.28. The molecule has 30 heavy (non-hydrogen) atoms. The van der Waals surface area contributed by atoms with Gasteiger partial charge in [-0.15, -0.1) is 0 Å². The standard InChI is InChI=1S/C23H22N6O/c1-28-9-11-29(12-10-28)23(30)19-4-2-3-18(13-19)21-22(25)26-15-20(27-21)17-7-5-16(14-24)6-8-17/h2-8,13,15H,9-12H2,1H3,(H2,25,26). The molecule has 0 atom stereocenters. The average molecular weight is 398 g/mol. The van der Waals surface area contributed by atoms with Gasteiger partial charge in [-0.05, 0) is 31.3 Å². The van der Waals surface area contributed by atoms with Crippen LogP contribution >= 0.6 is 0 Å². The number of anilines is 1. The molecular weight excluding hydrogens is 376 g/mol. The number of nitrogens with zero attached hydrogens (tertiary/aromatic N) is 5. The largest absolute Gasteiger partial charge is 0.382 e. The maximum absolute atomic E-state index is 12.9. The minimum absolute atomic E-state index is 0.0136. The molecule has 150 valence electrons. The number of piperazine rings is 1. The second-order valence-electron chi connectivity index (χ2n) is 7.35. The van der Waals surface area contributed by atoms with Gasteiger partial charge in [-0.3, -0.25) is 4.79 Å². The van der Waals surface area contributed by atoms with Crippen LogP contribution in [0.1, 0.15) is 15.9 Å². The zero-order valence-corrected chi connectivity index (χ0v) is 16.7. The maximum Gasteiger partial charge on any atom is 0.253 e. The van der Waals surface area contributed by atoms with Crippen molar-refractivity contribution in [1.29, 1.82) is 5.26 Å². The summed E-state index contributed by atoms with van der Waals surface area (Å²) in [5, 5.41) is 8.98. The third kappa shape index (κ3) is 4.00. The summed E-state index contributed by atoms with van der Waals surface area (Å²) >= 11 is 0. The molecule has 0 spiro atoms. The van der Waals surface area contributed by atoms with E-state index in [1.54, 1.807) is 18.3 Å². The lowest BCUT2D eigenvalue weighted by atomic mass is 10.1. The van der Waals surface area contributed by atoms with E-state index < -0.39 is 0 Å². The van der Waals surface area contributed by atoms with E-state index >= 15 is 0 Å². The van der Waals surface area contributed by atoms with Crippen molar-refractivity contribution in [2.75, 3.05) is 39.0 Å². The van der Waals surface area contributed by atoms with E-state index in [0.29, 0.717) is 28.3 Å². The fraction of sp³-hybridized carbons (Fsp3) is 0.217. The summed E-state index contributed by atoms with van der Waals surface area (Å²) in [4.78, 5) is 26.0. The van der Waals surface area contributed by atoms with E-state index in [0.717, 1.165) is 37.3 Å². The van der Waals surface area contributed by atoms with Crippen LogP contribution in [-0.2, 0) is 0 Å². The van der Waals surface area contributed by atoms with Crippen molar-refractivity contribution >= 4 is 11.7 Å². The SMILES string of the molecule is CN1CCN(C(=O)c2cccc(-c3nc(-c4ccc(C#N)cc4)cnc3N)c2)CC1. The van der Waals surface area contributed by atoms with Gasteiger partial charge in [0.25, 0.3) is 5.91 Å². The first-order chi connectivity index (χ1) is 14.5. The van der Waals surface area contributed by atoms with Gasteiger partial charge in [-0.25, -0.2) is 9.97 Å². The van der Waals surface area contributed by atoms with Crippen molar-refractivity contribution in [3.63, 3.8) is 0 Å². The Morgan fingerprint density at radius 3 is 2.50 bits per heavy atom. The number of amides is 1. The van der Waals surface area contributed by atoms with Crippen LogP contribution in [0.3, 0.4) is 0 Å². The molecule has 1 aliphatic rings. The van der Waals surface area contributed by atoms with Crippen LogP contribution in [0.2, 0.25) is 0 Å². The zero-order chi connectivity index (χ0) is 21.1. The number of hydrogen-bond donors (Lipinski definition) is 1. The van der Waals surface area contributed by atoms with E-state index in [4.69, 9.17) is 11.0 Å². The van der Waals surface area contributed by atoms with Crippen LogP contribution in [0.15, 0.2) is 54.7 Å².